The van der Waals surface area contributed by atoms with Gasteiger partial charge in [0, 0.05) is 36.7 Å². The van der Waals surface area contributed by atoms with Crippen molar-refractivity contribution in [1.29, 1.82) is 0 Å². The van der Waals surface area contributed by atoms with Gasteiger partial charge in [0.1, 0.15) is 6.10 Å². The molecule has 0 bridgehead atoms. The molecule has 2 aromatic carbocycles. The van der Waals surface area contributed by atoms with E-state index in [4.69, 9.17) is 18.9 Å². The van der Waals surface area contributed by atoms with Crippen LogP contribution in [-0.2, 0) is 39.7 Å². The van der Waals surface area contributed by atoms with E-state index in [1.807, 2.05) is 13.8 Å². The molecule has 2 fully saturated rings. The van der Waals surface area contributed by atoms with Crippen LogP contribution in [0.2, 0.25) is 0 Å². The normalized spacial score (nSPS) is 30.2. The summed E-state index contributed by atoms with van der Waals surface area (Å²) in [6, 6.07) is 13.0. The molecule has 3 aliphatic carbocycles. The second-order valence-corrected chi connectivity index (χ2v) is 14.9. The predicted octanol–water partition coefficient (Wildman–Crippen LogP) is 9.39. The highest BCUT2D eigenvalue weighted by Crippen LogP contribution is 2.65. The van der Waals surface area contributed by atoms with Crippen molar-refractivity contribution >= 4 is 11.9 Å². The highest BCUT2D eigenvalue weighted by Gasteiger charge is 2.68. The molecule has 8 atom stereocenters. The molecule has 2 aromatic rings. The Hall–Kier alpha value is -3.64. The summed E-state index contributed by atoms with van der Waals surface area (Å²) >= 11 is 0. The number of ether oxygens (including phenoxy) is 4. The zero-order chi connectivity index (χ0) is 38.3. The van der Waals surface area contributed by atoms with Gasteiger partial charge in [-0.15, -0.1) is 0 Å². The van der Waals surface area contributed by atoms with Gasteiger partial charge in [0.25, 0.3) is 11.2 Å². The van der Waals surface area contributed by atoms with Crippen LogP contribution in [0, 0.1) is 28.6 Å². The van der Waals surface area contributed by atoms with Gasteiger partial charge in [0.15, 0.2) is 0 Å². The molecule has 0 aliphatic heterocycles. The van der Waals surface area contributed by atoms with Crippen LogP contribution >= 0.6 is 0 Å². The molecular formula is C40H46F6O6. The molecule has 6 nitrogen and oxygen atoms in total. The number of allylic oxidation sites excluding steroid dienone is 3. The zero-order valence-corrected chi connectivity index (χ0v) is 30.0. The van der Waals surface area contributed by atoms with Gasteiger partial charge in [-0.3, -0.25) is 0 Å². The van der Waals surface area contributed by atoms with E-state index in [-0.39, 0.29) is 18.3 Å². The number of hydrogen-bond acceptors (Lipinski definition) is 6. The van der Waals surface area contributed by atoms with Crippen molar-refractivity contribution in [3.63, 3.8) is 0 Å². The number of fused-ring (bicyclic) bond motifs is 3. The number of carbonyl (C=O) groups excluding carboxylic acids is 2. The molecule has 0 heterocycles. The van der Waals surface area contributed by atoms with E-state index in [1.165, 1.54) is 36.4 Å². The average molecular weight is 737 g/mol. The van der Waals surface area contributed by atoms with Crippen molar-refractivity contribution in [2.45, 2.75) is 89.0 Å². The molecular weight excluding hydrogens is 690 g/mol. The summed E-state index contributed by atoms with van der Waals surface area (Å²) in [4.78, 5) is 27.8. The minimum atomic E-state index is -5.22. The molecule has 0 aromatic heterocycles. The maximum absolute atomic E-state index is 15.0. The van der Waals surface area contributed by atoms with Gasteiger partial charge in [-0.25, -0.2) is 9.59 Å². The number of rotatable bonds is 10. The fraction of sp³-hybridized carbons (Fsp3) is 0.550. The first kappa shape index (κ1) is 39.6. The van der Waals surface area contributed by atoms with Crippen LogP contribution in [0.4, 0.5) is 26.3 Å². The Labute approximate surface area is 300 Å². The van der Waals surface area contributed by atoms with Gasteiger partial charge < -0.3 is 18.9 Å². The topological polar surface area (TPSA) is 71.1 Å². The SMILES string of the molecule is C=CC1=C(C)[C@@H]2C[C@@H](OC(=O)[C@@](OC)(c3ccccc3)C(F)(F)F)[C@H]3[C@](C)(COC(=O)[C@@](OC)(c4ccccc4)C(F)(F)F)CCC[C@]3(C)[C@H]2CC1. The molecule has 0 amide bonds. The first-order valence-electron chi connectivity index (χ1n) is 17.4. The van der Waals surface area contributed by atoms with E-state index in [9.17, 15) is 22.8 Å². The largest absolute Gasteiger partial charge is 0.462 e. The van der Waals surface area contributed by atoms with Crippen molar-refractivity contribution in [2.75, 3.05) is 20.8 Å². The lowest BCUT2D eigenvalue weighted by Gasteiger charge is -2.63. The number of halogens is 6. The van der Waals surface area contributed by atoms with Crippen molar-refractivity contribution < 1.29 is 54.9 Å². The van der Waals surface area contributed by atoms with Gasteiger partial charge in [0.2, 0.25) is 0 Å². The number of hydrogen-bond donors (Lipinski definition) is 0. The number of carbonyl (C=O) groups is 2. The first-order chi connectivity index (χ1) is 24.4. The molecule has 5 rings (SSSR count). The predicted molar refractivity (Wildman–Crippen MR) is 180 cm³/mol. The first-order valence-corrected chi connectivity index (χ1v) is 17.4. The molecule has 0 N–H and O–H groups in total. The summed E-state index contributed by atoms with van der Waals surface area (Å²) in [6.45, 7) is 9.16. The third kappa shape index (κ3) is 6.27. The molecule has 0 saturated heterocycles. The van der Waals surface area contributed by atoms with Crippen LogP contribution in [0.15, 0.2) is 84.5 Å². The van der Waals surface area contributed by atoms with Crippen LogP contribution in [0.25, 0.3) is 0 Å². The molecule has 3 aliphatic rings. The van der Waals surface area contributed by atoms with E-state index in [0.29, 0.717) is 19.3 Å². The molecule has 284 valence electrons. The third-order valence-electron chi connectivity index (χ3n) is 12.3. The van der Waals surface area contributed by atoms with Crippen LogP contribution in [0.1, 0.15) is 70.4 Å². The monoisotopic (exact) mass is 736 g/mol. The molecule has 2 saturated carbocycles. The Balaban J connectivity index is 1.59. The zero-order valence-electron chi connectivity index (χ0n) is 30.0. The lowest BCUT2D eigenvalue weighted by atomic mass is 9.43. The van der Waals surface area contributed by atoms with Gasteiger partial charge in [-0.2, -0.15) is 26.3 Å². The van der Waals surface area contributed by atoms with Crippen LogP contribution in [0.3, 0.4) is 0 Å². The minimum absolute atomic E-state index is 0.00737. The lowest BCUT2D eigenvalue weighted by molar-refractivity contribution is -0.286. The Bertz CT molecular complexity index is 1660. The number of benzene rings is 2. The highest BCUT2D eigenvalue weighted by molar-refractivity contribution is 5.83. The third-order valence-corrected chi connectivity index (χ3v) is 12.3. The molecule has 12 heteroatoms. The van der Waals surface area contributed by atoms with E-state index in [1.54, 1.807) is 13.0 Å². The van der Waals surface area contributed by atoms with E-state index in [0.717, 1.165) is 62.5 Å². The fourth-order valence-corrected chi connectivity index (χ4v) is 9.90. The molecule has 0 spiro atoms. The Morgan fingerprint density at radius 3 is 1.85 bits per heavy atom. The fourth-order valence-electron chi connectivity index (χ4n) is 9.90. The maximum atomic E-state index is 15.0. The van der Waals surface area contributed by atoms with E-state index in [2.05, 4.69) is 6.58 Å². The van der Waals surface area contributed by atoms with Crippen molar-refractivity contribution in [3.8, 4) is 0 Å². The van der Waals surface area contributed by atoms with Crippen molar-refractivity contribution in [2.24, 2.45) is 28.6 Å². The molecule has 0 radical (unpaired) electrons. The van der Waals surface area contributed by atoms with Gasteiger partial charge in [-0.05, 0) is 61.9 Å². The Morgan fingerprint density at radius 1 is 0.846 bits per heavy atom. The van der Waals surface area contributed by atoms with Crippen LogP contribution in [-0.4, -0.2) is 51.2 Å². The molecule has 52 heavy (non-hydrogen) atoms. The summed E-state index contributed by atoms with van der Waals surface area (Å²) in [6.07, 6.45) is -6.61. The van der Waals surface area contributed by atoms with Crippen molar-refractivity contribution in [1.82, 2.24) is 0 Å². The number of alkyl halides is 6. The van der Waals surface area contributed by atoms with Crippen LogP contribution < -0.4 is 0 Å². The summed E-state index contributed by atoms with van der Waals surface area (Å²) < 4.78 is 111. The van der Waals surface area contributed by atoms with Gasteiger partial charge in [-0.1, -0.05) is 99.2 Å². The summed E-state index contributed by atoms with van der Waals surface area (Å²) in [5.74, 6) is -4.19. The number of methoxy groups -OCH3 is 2. The second-order valence-electron chi connectivity index (χ2n) is 14.9. The average Bonchev–Trinajstić information content (AvgIpc) is 3.08. The lowest BCUT2D eigenvalue weighted by Crippen LogP contribution is -2.62. The van der Waals surface area contributed by atoms with E-state index < -0.39 is 76.1 Å². The van der Waals surface area contributed by atoms with E-state index >= 15 is 13.2 Å². The van der Waals surface area contributed by atoms with Crippen molar-refractivity contribution in [3.05, 3.63) is 95.6 Å². The second kappa shape index (κ2) is 14.3. The van der Waals surface area contributed by atoms with Gasteiger partial charge in [0.05, 0.1) is 6.61 Å². The highest BCUT2D eigenvalue weighted by atomic mass is 19.4. The summed E-state index contributed by atoms with van der Waals surface area (Å²) in [7, 11) is 1.58. The summed E-state index contributed by atoms with van der Waals surface area (Å²) in [5, 5.41) is 0. The quantitative estimate of drug-likeness (QED) is 0.179. The van der Waals surface area contributed by atoms with Crippen LogP contribution in [0.5, 0.6) is 0 Å². The number of esters is 2. The maximum Gasteiger partial charge on any atom is 0.432 e. The summed E-state index contributed by atoms with van der Waals surface area (Å²) in [5.41, 5.74) is -7.55. The smallest absolute Gasteiger partial charge is 0.432 e. The minimum Gasteiger partial charge on any atom is -0.462 e. The Morgan fingerprint density at radius 2 is 1.37 bits per heavy atom. The standard InChI is InChI=1S/C40H46F6O6/c1-7-26-19-20-30-29(25(26)2)23-31(52-34(48)38(50-6,40(44,45)46)28-17-12-9-13-18-28)32-35(3,21-14-22-36(30,32)4)24-51-33(47)37(49-5,39(41,42)43)27-15-10-8-11-16-27/h7-13,15-18,29-32H,1,14,19-24H2,2-6H3/t29-,30-,31+,32-,35-,36+,37-,38-/m0/s1. The Kier molecular flexibility index (Phi) is 10.9. The molecule has 0 unspecified atom stereocenters. The van der Waals surface area contributed by atoms with Gasteiger partial charge >= 0.3 is 24.3 Å².